The highest BCUT2D eigenvalue weighted by atomic mass is 79.9. The van der Waals surface area contributed by atoms with E-state index in [1.807, 2.05) is 60.7 Å². The van der Waals surface area contributed by atoms with Crippen LogP contribution < -0.4 is 0 Å². The Morgan fingerprint density at radius 3 is 1.76 bits per heavy atom. The van der Waals surface area contributed by atoms with Gasteiger partial charge in [-0.1, -0.05) is 52.3 Å². The molecule has 1 nitrogen and oxygen atoms in total. The molecule has 82 valence electrons. The minimum absolute atomic E-state index is 0.686. The molecule has 0 N–H and O–H groups in total. The lowest BCUT2D eigenvalue weighted by atomic mass is 10.1. The van der Waals surface area contributed by atoms with E-state index in [-0.39, 0.29) is 0 Å². The van der Waals surface area contributed by atoms with Crippen LogP contribution in [0.1, 0.15) is 16.7 Å². The molecule has 0 saturated heterocycles. The van der Waals surface area contributed by atoms with E-state index < -0.39 is 0 Å². The highest BCUT2D eigenvalue weighted by Crippen LogP contribution is 2.13. The summed E-state index contributed by atoms with van der Waals surface area (Å²) in [6.45, 7) is 0. The van der Waals surface area contributed by atoms with Gasteiger partial charge in [0.2, 0.25) is 0 Å². The Morgan fingerprint density at radius 2 is 1.29 bits per heavy atom. The quantitative estimate of drug-likeness (QED) is 0.745. The topological polar surface area (TPSA) is 23.8 Å². The number of hydrogen-bond donors (Lipinski definition) is 0. The van der Waals surface area contributed by atoms with E-state index in [1.165, 1.54) is 0 Å². The van der Waals surface area contributed by atoms with E-state index >= 15 is 0 Å². The van der Waals surface area contributed by atoms with Crippen LogP contribution in [0, 0.1) is 11.3 Å². The third-order valence-corrected chi connectivity index (χ3v) is 2.91. The van der Waals surface area contributed by atoms with Gasteiger partial charge in [-0.3, -0.25) is 0 Å². The second-order valence-electron chi connectivity index (χ2n) is 3.62. The maximum absolute atomic E-state index is 8.69. The molecule has 2 heteroatoms. The van der Waals surface area contributed by atoms with E-state index in [0.29, 0.717) is 5.56 Å². The number of rotatable bonds is 2. The van der Waals surface area contributed by atoms with Crippen molar-refractivity contribution >= 4 is 28.1 Å². The van der Waals surface area contributed by atoms with Crippen molar-refractivity contribution in [2.75, 3.05) is 0 Å². The maximum Gasteiger partial charge on any atom is 0.0991 e. The smallest absolute Gasteiger partial charge is 0.0991 e. The summed E-state index contributed by atoms with van der Waals surface area (Å²) in [6.07, 6.45) is 4.08. The lowest BCUT2D eigenvalue weighted by molar-refractivity contribution is 1.48. The number of halogens is 1. The largest absolute Gasteiger partial charge is 0.192 e. The summed E-state index contributed by atoms with van der Waals surface area (Å²) in [5.41, 5.74) is 2.93. The summed E-state index contributed by atoms with van der Waals surface area (Å²) in [4.78, 5) is 0. The van der Waals surface area contributed by atoms with Gasteiger partial charge >= 0.3 is 0 Å². The summed E-state index contributed by atoms with van der Waals surface area (Å²) in [6, 6.07) is 17.7. The highest BCUT2D eigenvalue weighted by molar-refractivity contribution is 9.10. The van der Waals surface area contributed by atoms with Gasteiger partial charge in [0.1, 0.15) is 0 Å². The predicted molar refractivity (Wildman–Crippen MR) is 74.2 cm³/mol. The lowest BCUT2D eigenvalue weighted by Crippen LogP contribution is -1.75. The summed E-state index contributed by atoms with van der Waals surface area (Å²) in [5.74, 6) is 0. The molecule has 2 rings (SSSR count). The minimum atomic E-state index is 0.686. The average molecular weight is 284 g/mol. The van der Waals surface area contributed by atoms with Crippen molar-refractivity contribution in [2.45, 2.75) is 0 Å². The van der Waals surface area contributed by atoms with E-state index in [1.54, 1.807) is 0 Å². The van der Waals surface area contributed by atoms with Gasteiger partial charge in [0.05, 0.1) is 11.6 Å². The molecular weight excluding hydrogens is 274 g/mol. The van der Waals surface area contributed by atoms with Crippen LogP contribution in [-0.4, -0.2) is 0 Å². The molecular formula is C15H10BrN. The molecule has 0 aliphatic heterocycles. The summed E-state index contributed by atoms with van der Waals surface area (Å²) < 4.78 is 1.08. The molecule has 0 aliphatic rings. The van der Waals surface area contributed by atoms with Crippen molar-refractivity contribution in [1.82, 2.24) is 0 Å². The highest BCUT2D eigenvalue weighted by Gasteiger charge is 1.90. The zero-order chi connectivity index (χ0) is 12.1. The third kappa shape index (κ3) is 3.30. The van der Waals surface area contributed by atoms with Gasteiger partial charge in [-0.2, -0.15) is 5.26 Å². The maximum atomic E-state index is 8.69. The van der Waals surface area contributed by atoms with E-state index in [4.69, 9.17) is 5.26 Å². The van der Waals surface area contributed by atoms with Crippen LogP contribution in [0.25, 0.3) is 12.2 Å². The Hall–Kier alpha value is -1.85. The Morgan fingerprint density at radius 1 is 0.824 bits per heavy atom. The minimum Gasteiger partial charge on any atom is -0.192 e. The molecule has 17 heavy (non-hydrogen) atoms. The molecule has 0 atom stereocenters. The number of hydrogen-bond acceptors (Lipinski definition) is 1. The number of nitriles is 1. The summed E-state index contributed by atoms with van der Waals surface area (Å²) >= 11 is 3.40. The van der Waals surface area contributed by atoms with Crippen molar-refractivity contribution in [3.8, 4) is 6.07 Å². The van der Waals surface area contributed by atoms with Crippen LogP contribution in [0.5, 0.6) is 0 Å². The van der Waals surface area contributed by atoms with E-state index in [9.17, 15) is 0 Å². The second kappa shape index (κ2) is 5.47. The van der Waals surface area contributed by atoms with Gasteiger partial charge in [0.25, 0.3) is 0 Å². The lowest BCUT2D eigenvalue weighted by Gasteiger charge is -1.95. The van der Waals surface area contributed by atoms with Crippen LogP contribution in [0.4, 0.5) is 0 Å². The fourth-order valence-electron chi connectivity index (χ4n) is 1.44. The van der Waals surface area contributed by atoms with Gasteiger partial charge in [-0.25, -0.2) is 0 Å². The van der Waals surface area contributed by atoms with Crippen LogP contribution in [0.2, 0.25) is 0 Å². The van der Waals surface area contributed by atoms with Crippen LogP contribution in [0.15, 0.2) is 53.0 Å². The van der Waals surface area contributed by atoms with Gasteiger partial charge in [-0.15, -0.1) is 0 Å². The fourth-order valence-corrected chi connectivity index (χ4v) is 1.70. The average Bonchev–Trinajstić information content (AvgIpc) is 2.39. The Labute approximate surface area is 109 Å². The number of nitrogens with zero attached hydrogens (tertiary/aromatic N) is 1. The van der Waals surface area contributed by atoms with Crippen LogP contribution in [-0.2, 0) is 0 Å². The molecule has 2 aromatic rings. The molecule has 2 aromatic carbocycles. The monoisotopic (exact) mass is 283 g/mol. The molecule has 0 radical (unpaired) electrons. The van der Waals surface area contributed by atoms with Crippen molar-refractivity contribution in [1.29, 1.82) is 5.26 Å². The Kier molecular flexibility index (Phi) is 3.74. The molecule has 0 spiro atoms. The van der Waals surface area contributed by atoms with Crippen molar-refractivity contribution in [3.63, 3.8) is 0 Å². The van der Waals surface area contributed by atoms with Crippen LogP contribution in [0.3, 0.4) is 0 Å². The van der Waals surface area contributed by atoms with Gasteiger partial charge < -0.3 is 0 Å². The standard InChI is InChI=1S/C15H10BrN/c16-15-9-7-13(8-10-15)2-1-12-3-5-14(11-17)6-4-12/h1-10H/b2-1+. The van der Waals surface area contributed by atoms with E-state index in [2.05, 4.69) is 22.0 Å². The molecule has 0 saturated carbocycles. The molecule has 0 amide bonds. The van der Waals surface area contributed by atoms with Crippen LogP contribution >= 0.6 is 15.9 Å². The molecule has 0 fully saturated rings. The molecule has 0 unspecified atom stereocenters. The molecule has 0 heterocycles. The van der Waals surface area contributed by atoms with Gasteiger partial charge in [-0.05, 0) is 35.4 Å². The zero-order valence-corrected chi connectivity index (χ0v) is 10.7. The second-order valence-corrected chi connectivity index (χ2v) is 4.53. The first-order chi connectivity index (χ1) is 8.28. The van der Waals surface area contributed by atoms with Gasteiger partial charge in [0.15, 0.2) is 0 Å². The predicted octanol–water partition coefficient (Wildman–Crippen LogP) is 4.49. The van der Waals surface area contributed by atoms with E-state index in [0.717, 1.165) is 15.6 Å². The first-order valence-corrected chi connectivity index (χ1v) is 6.01. The molecule has 0 aromatic heterocycles. The van der Waals surface area contributed by atoms with Crippen molar-refractivity contribution in [3.05, 3.63) is 69.7 Å². The first-order valence-electron chi connectivity index (χ1n) is 5.22. The fraction of sp³-hybridized carbons (Fsp3) is 0. The normalized spacial score (nSPS) is 10.4. The van der Waals surface area contributed by atoms with Crippen molar-refractivity contribution in [2.24, 2.45) is 0 Å². The van der Waals surface area contributed by atoms with Gasteiger partial charge in [0, 0.05) is 4.47 Å². The SMILES string of the molecule is N#Cc1ccc(/C=C/c2ccc(Br)cc2)cc1. The van der Waals surface area contributed by atoms with Crippen molar-refractivity contribution < 1.29 is 0 Å². The summed E-state index contributed by atoms with van der Waals surface area (Å²) in [7, 11) is 0. The third-order valence-electron chi connectivity index (χ3n) is 2.38. The zero-order valence-electron chi connectivity index (χ0n) is 9.10. The summed E-state index contributed by atoms with van der Waals surface area (Å²) in [5, 5.41) is 8.69. The molecule has 0 bridgehead atoms. The Balaban J connectivity index is 2.14. The first kappa shape index (κ1) is 11.6. The Bertz CT molecular complexity index is 559. The number of benzene rings is 2. The molecule has 0 aliphatic carbocycles.